The fourth-order valence-corrected chi connectivity index (χ4v) is 2.30. The van der Waals surface area contributed by atoms with E-state index >= 15 is 0 Å². The van der Waals surface area contributed by atoms with Gasteiger partial charge >= 0.3 is 0 Å². The van der Waals surface area contributed by atoms with Crippen molar-refractivity contribution in [2.24, 2.45) is 0 Å². The van der Waals surface area contributed by atoms with Crippen LogP contribution in [0.2, 0.25) is 5.02 Å². The standard InChI is InChI=1S/C7H6ClIO3S/c8-7-2-1-6(9)3-5(7)4-13(10,11)12/h1-3H,4H2,(H,10,11,12). The highest BCUT2D eigenvalue weighted by Crippen LogP contribution is 2.20. The van der Waals surface area contributed by atoms with Gasteiger partial charge in [0.25, 0.3) is 10.1 Å². The maximum Gasteiger partial charge on any atom is 0.269 e. The van der Waals surface area contributed by atoms with Gasteiger partial charge in [-0.1, -0.05) is 11.6 Å². The molecule has 1 aromatic carbocycles. The van der Waals surface area contributed by atoms with Gasteiger partial charge in [0, 0.05) is 8.59 Å². The summed E-state index contributed by atoms with van der Waals surface area (Å²) in [6.45, 7) is 0. The van der Waals surface area contributed by atoms with Crippen LogP contribution in [-0.4, -0.2) is 13.0 Å². The Hall–Kier alpha value is 0.150. The Balaban J connectivity index is 3.08. The normalized spacial score (nSPS) is 11.6. The molecule has 0 bridgehead atoms. The number of halogens is 2. The van der Waals surface area contributed by atoms with Gasteiger partial charge in [-0.2, -0.15) is 8.42 Å². The molecule has 0 aliphatic rings. The van der Waals surface area contributed by atoms with Crippen molar-refractivity contribution in [1.82, 2.24) is 0 Å². The Morgan fingerprint density at radius 1 is 1.46 bits per heavy atom. The summed E-state index contributed by atoms with van der Waals surface area (Å²) in [6.07, 6.45) is 0. The molecule has 0 saturated heterocycles. The van der Waals surface area contributed by atoms with Crippen molar-refractivity contribution in [3.63, 3.8) is 0 Å². The van der Waals surface area contributed by atoms with Gasteiger partial charge in [-0.3, -0.25) is 4.55 Å². The van der Waals surface area contributed by atoms with Crippen LogP contribution in [0.3, 0.4) is 0 Å². The van der Waals surface area contributed by atoms with Gasteiger partial charge in [0.05, 0.1) is 0 Å². The van der Waals surface area contributed by atoms with Crippen molar-refractivity contribution in [1.29, 1.82) is 0 Å². The molecule has 0 fully saturated rings. The molecule has 0 radical (unpaired) electrons. The quantitative estimate of drug-likeness (QED) is 0.668. The molecule has 0 aromatic heterocycles. The summed E-state index contributed by atoms with van der Waals surface area (Å²) >= 11 is 7.76. The van der Waals surface area contributed by atoms with Gasteiger partial charge < -0.3 is 0 Å². The van der Waals surface area contributed by atoms with E-state index in [4.69, 9.17) is 16.2 Å². The first kappa shape index (κ1) is 11.2. The predicted octanol–water partition coefficient (Wildman–Crippen LogP) is 2.33. The molecular formula is C7H6ClIO3S. The highest BCUT2D eigenvalue weighted by molar-refractivity contribution is 14.1. The number of benzene rings is 1. The van der Waals surface area contributed by atoms with E-state index in [2.05, 4.69) is 0 Å². The van der Waals surface area contributed by atoms with Crippen molar-refractivity contribution in [3.05, 3.63) is 32.4 Å². The van der Waals surface area contributed by atoms with Crippen molar-refractivity contribution in [3.8, 4) is 0 Å². The molecule has 0 spiro atoms. The van der Waals surface area contributed by atoms with Crippen molar-refractivity contribution in [2.75, 3.05) is 0 Å². The number of rotatable bonds is 2. The Labute approximate surface area is 95.0 Å². The molecule has 0 amide bonds. The van der Waals surface area contributed by atoms with Crippen LogP contribution < -0.4 is 0 Å². The zero-order valence-electron chi connectivity index (χ0n) is 6.37. The summed E-state index contributed by atoms with van der Waals surface area (Å²) in [6, 6.07) is 4.98. The zero-order valence-corrected chi connectivity index (χ0v) is 10.1. The molecule has 1 rings (SSSR count). The van der Waals surface area contributed by atoms with Crippen LogP contribution >= 0.6 is 34.2 Å². The SMILES string of the molecule is O=S(=O)(O)Cc1cc(I)ccc1Cl. The average Bonchev–Trinajstić information content (AvgIpc) is 1.94. The molecule has 0 unspecified atom stereocenters. The molecule has 0 atom stereocenters. The summed E-state index contributed by atoms with van der Waals surface area (Å²) in [5.41, 5.74) is 0.413. The van der Waals surface area contributed by atoms with E-state index in [0.29, 0.717) is 10.6 Å². The Kier molecular flexibility index (Phi) is 3.56. The summed E-state index contributed by atoms with van der Waals surface area (Å²) in [4.78, 5) is 0. The van der Waals surface area contributed by atoms with E-state index in [0.717, 1.165) is 3.57 Å². The number of hydrogen-bond acceptors (Lipinski definition) is 2. The fourth-order valence-electron chi connectivity index (χ4n) is 0.850. The van der Waals surface area contributed by atoms with Gasteiger partial charge in [-0.25, -0.2) is 0 Å². The molecule has 3 nitrogen and oxygen atoms in total. The minimum atomic E-state index is -4.00. The van der Waals surface area contributed by atoms with Gasteiger partial charge in [0.15, 0.2) is 0 Å². The predicted molar refractivity (Wildman–Crippen MR) is 59.4 cm³/mol. The lowest BCUT2D eigenvalue weighted by molar-refractivity contribution is 0.482. The summed E-state index contributed by atoms with van der Waals surface area (Å²) in [7, 11) is -4.00. The van der Waals surface area contributed by atoms with Crippen LogP contribution in [0.15, 0.2) is 18.2 Å². The second-order valence-corrected chi connectivity index (χ2v) is 5.57. The Bertz CT molecular complexity index is 416. The summed E-state index contributed by atoms with van der Waals surface area (Å²) in [5.74, 6) is -0.442. The smallest absolute Gasteiger partial charge is 0.269 e. The summed E-state index contributed by atoms with van der Waals surface area (Å²) in [5, 5.41) is 0.345. The molecule has 13 heavy (non-hydrogen) atoms. The van der Waals surface area contributed by atoms with Crippen LogP contribution in [0.5, 0.6) is 0 Å². The number of hydrogen-bond donors (Lipinski definition) is 1. The third-order valence-corrected chi connectivity index (χ3v) is 3.06. The van der Waals surface area contributed by atoms with E-state index in [1.807, 2.05) is 22.6 Å². The first-order valence-electron chi connectivity index (χ1n) is 3.27. The fraction of sp³-hybridized carbons (Fsp3) is 0.143. The topological polar surface area (TPSA) is 54.4 Å². The lowest BCUT2D eigenvalue weighted by atomic mass is 10.2. The first-order valence-corrected chi connectivity index (χ1v) is 6.34. The van der Waals surface area contributed by atoms with Gasteiger partial charge in [0.1, 0.15) is 5.75 Å². The minimum absolute atomic E-state index is 0.345. The van der Waals surface area contributed by atoms with Crippen molar-refractivity contribution >= 4 is 44.3 Å². The molecule has 0 heterocycles. The molecule has 6 heteroatoms. The lowest BCUT2D eigenvalue weighted by Gasteiger charge is -2.01. The maximum atomic E-state index is 10.6. The lowest BCUT2D eigenvalue weighted by Crippen LogP contribution is -2.02. The maximum absolute atomic E-state index is 10.6. The molecule has 72 valence electrons. The van der Waals surface area contributed by atoms with Crippen LogP contribution in [0, 0.1) is 3.57 Å². The molecule has 1 N–H and O–H groups in total. The van der Waals surface area contributed by atoms with Gasteiger partial charge in [-0.15, -0.1) is 0 Å². The van der Waals surface area contributed by atoms with Crippen LogP contribution in [0.4, 0.5) is 0 Å². The van der Waals surface area contributed by atoms with E-state index in [1.165, 1.54) is 0 Å². The van der Waals surface area contributed by atoms with Crippen LogP contribution in [0.1, 0.15) is 5.56 Å². The Morgan fingerprint density at radius 2 is 2.08 bits per heavy atom. The third-order valence-electron chi connectivity index (χ3n) is 1.35. The minimum Gasteiger partial charge on any atom is -0.285 e. The molecular weight excluding hydrogens is 326 g/mol. The molecule has 1 aromatic rings. The van der Waals surface area contributed by atoms with E-state index < -0.39 is 15.9 Å². The molecule has 0 aliphatic carbocycles. The Morgan fingerprint density at radius 3 is 2.62 bits per heavy atom. The van der Waals surface area contributed by atoms with Crippen molar-refractivity contribution in [2.45, 2.75) is 5.75 Å². The molecule has 0 aliphatic heterocycles. The van der Waals surface area contributed by atoms with Gasteiger partial charge in [-0.05, 0) is 46.4 Å². The van der Waals surface area contributed by atoms with Crippen molar-refractivity contribution < 1.29 is 13.0 Å². The van der Waals surface area contributed by atoms with E-state index in [-0.39, 0.29) is 0 Å². The van der Waals surface area contributed by atoms with E-state index in [1.54, 1.807) is 18.2 Å². The van der Waals surface area contributed by atoms with E-state index in [9.17, 15) is 8.42 Å². The third kappa shape index (κ3) is 3.80. The largest absolute Gasteiger partial charge is 0.285 e. The molecule has 0 saturated carbocycles. The zero-order chi connectivity index (χ0) is 10.1. The first-order chi connectivity index (χ1) is 5.88. The second kappa shape index (κ2) is 4.12. The monoisotopic (exact) mass is 332 g/mol. The highest BCUT2D eigenvalue weighted by atomic mass is 127. The van der Waals surface area contributed by atoms with Gasteiger partial charge in [0.2, 0.25) is 0 Å². The average molecular weight is 333 g/mol. The highest BCUT2D eigenvalue weighted by Gasteiger charge is 2.10. The second-order valence-electron chi connectivity index (χ2n) is 2.46. The summed E-state index contributed by atoms with van der Waals surface area (Å²) < 4.78 is 30.6. The van der Waals surface area contributed by atoms with Crippen LogP contribution in [0.25, 0.3) is 0 Å². The van der Waals surface area contributed by atoms with Crippen LogP contribution in [-0.2, 0) is 15.9 Å².